The second-order valence-corrected chi connectivity index (χ2v) is 4.60. The normalized spacial score (nSPS) is 24.3. The molecule has 5 heteroatoms. The van der Waals surface area contributed by atoms with E-state index in [1.165, 1.54) is 12.4 Å². The largest absolute Gasteiger partial charge is 0.483 e. The Balaban J connectivity index is 2.05. The van der Waals surface area contributed by atoms with Crippen LogP contribution in [0.1, 0.15) is 32.6 Å². The Hall–Kier alpha value is -1.65. The molecule has 5 nitrogen and oxygen atoms in total. The van der Waals surface area contributed by atoms with Crippen molar-refractivity contribution in [2.24, 2.45) is 5.92 Å². The zero-order valence-electron chi connectivity index (χ0n) is 9.83. The van der Waals surface area contributed by atoms with E-state index in [1.54, 1.807) is 6.07 Å². The molecular weight excluding hydrogens is 220 g/mol. The highest BCUT2D eigenvalue weighted by atomic mass is 16.6. The van der Waals surface area contributed by atoms with Crippen LogP contribution in [0.25, 0.3) is 0 Å². The van der Waals surface area contributed by atoms with Crippen molar-refractivity contribution in [3.8, 4) is 5.75 Å². The third-order valence-electron chi connectivity index (χ3n) is 3.21. The third-order valence-corrected chi connectivity index (χ3v) is 3.21. The van der Waals surface area contributed by atoms with E-state index in [0.717, 1.165) is 31.6 Å². The lowest BCUT2D eigenvalue weighted by Crippen LogP contribution is -2.23. The van der Waals surface area contributed by atoms with E-state index in [1.807, 2.05) is 0 Å². The molecule has 0 spiro atoms. The summed E-state index contributed by atoms with van der Waals surface area (Å²) in [4.78, 5) is 14.1. The molecule has 1 saturated carbocycles. The lowest BCUT2D eigenvalue weighted by atomic mass is 9.89. The Morgan fingerprint density at radius 2 is 2.12 bits per heavy atom. The van der Waals surface area contributed by atoms with Gasteiger partial charge >= 0.3 is 5.69 Å². The number of hydrogen-bond donors (Lipinski definition) is 0. The molecule has 17 heavy (non-hydrogen) atoms. The highest BCUT2D eigenvalue weighted by Gasteiger charge is 2.23. The monoisotopic (exact) mass is 236 g/mol. The topological polar surface area (TPSA) is 65.3 Å². The molecule has 0 amide bonds. The molecule has 0 aliphatic heterocycles. The average Bonchev–Trinajstić information content (AvgIpc) is 2.32. The zero-order valence-corrected chi connectivity index (χ0v) is 9.83. The van der Waals surface area contributed by atoms with E-state index >= 15 is 0 Å². The minimum atomic E-state index is -0.451. The van der Waals surface area contributed by atoms with Gasteiger partial charge in [-0.1, -0.05) is 6.92 Å². The number of pyridine rings is 1. The molecule has 1 aliphatic rings. The van der Waals surface area contributed by atoms with Gasteiger partial charge in [-0.3, -0.25) is 15.1 Å². The molecule has 1 aromatic rings. The number of ether oxygens (including phenoxy) is 1. The van der Waals surface area contributed by atoms with Crippen LogP contribution in [0.4, 0.5) is 5.69 Å². The summed E-state index contributed by atoms with van der Waals surface area (Å²) in [5, 5.41) is 10.8. The summed E-state index contributed by atoms with van der Waals surface area (Å²) in [6.45, 7) is 2.23. The molecule has 0 atom stereocenters. The fourth-order valence-electron chi connectivity index (χ4n) is 2.14. The molecule has 0 bridgehead atoms. The standard InChI is InChI=1S/C12H16N2O3/c1-9-2-4-10(5-3-9)17-12-6-7-13-8-11(12)14(15)16/h6-10H,2-5H2,1H3. The quantitative estimate of drug-likeness (QED) is 0.597. The van der Waals surface area contributed by atoms with Crippen LogP contribution in [-0.4, -0.2) is 16.0 Å². The van der Waals surface area contributed by atoms with Crippen LogP contribution in [0.2, 0.25) is 0 Å². The predicted molar refractivity (Wildman–Crippen MR) is 62.9 cm³/mol. The van der Waals surface area contributed by atoms with E-state index in [4.69, 9.17) is 4.74 Å². The van der Waals surface area contributed by atoms with Crippen LogP contribution >= 0.6 is 0 Å². The van der Waals surface area contributed by atoms with Gasteiger partial charge in [-0.05, 0) is 31.6 Å². The van der Waals surface area contributed by atoms with Gasteiger partial charge in [-0.25, -0.2) is 0 Å². The van der Waals surface area contributed by atoms with Crippen molar-refractivity contribution >= 4 is 5.69 Å². The van der Waals surface area contributed by atoms with Crippen LogP contribution < -0.4 is 4.74 Å². The van der Waals surface area contributed by atoms with Crippen molar-refractivity contribution < 1.29 is 9.66 Å². The molecule has 1 aromatic heterocycles. The molecule has 1 aliphatic carbocycles. The van der Waals surface area contributed by atoms with Gasteiger partial charge in [0, 0.05) is 12.3 Å². The number of nitrogens with zero attached hydrogens (tertiary/aromatic N) is 2. The first-order valence-electron chi connectivity index (χ1n) is 5.92. The van der Waals surface area contributed by atoms with Crippen molar-refractivity contribution in [1.82, 2.24) is 4.98 Å². The fourth-order valence-corrected chi connectivity index (χ4v) is 2.14. The van der Waals surface area contributed by atoms with Gasteiger partial charge < -0.3 is 4.74 Å². The molecule has 1 heterocycles. The maximum absolute atomic E-state index is 10.8. The van der Waals surface area contributed by atoms with Crippen molar-refractivity contribution in [3.05, 3.63) is 28.6 Å². The Morgan fingerprint density at radius 3 is 2.76 bits per heavy atom. The van der Waals surface area contributed by atoms with Gasteiger partial charge in [0.1, 0.15) is 6.20 Å². The first kappa shape index (κ1) is 11.8. The molecule has 1 fully saturated rings. The SMILES string of the molecule is CC1CCC(Oc2ccncc2[N+](=O)[O-])CC1. The third kappa shape index (κ3) is 2.93. The van der Waals surface area contributed by atoms with Gasteiger partial charge in [0.25, 0.3) is 0 Å². The van der Waals surface area contributed by atoms with E-state index < -0.39 is 4.92 Å². The molecular formula is C12H16N2O3. The van der Waals surface area contributed by atoms with E-state index in [9.17, 15) is 10.1 Å². The maximum Gasteiger partial charge on any atom is 0.329 e. The summed E-state index contributed by atoms with van der Waals surface area (Å²) >= 11 is 0. The maximum atomic E-state index is 10.8. The number of hydrogen-bond acceptors (Lipinski definition) is 4. The summed E-state index contributed by atoms with van der Waals surface area (Å²) in [5.74, 6) is 1.08. The second-order valence-electron chi connectivity index (χ2n) is 4.60. The van der Waals surface area contributed by atoms with Crippen molar-refractivity contribution in [2.45, 2.75) is 38.7 Å². The first-order chi connectivity index (χ1) is 8.16. The lowest BCUT2D eigenvalue weighted by Gasteiger charge is -2.26. The lowest BCUT2D eigenvalue weighted by molar-refractivity contribution is -0.386. The van der Waals surface area contributed by atoms with Crippen LogP contribution in [-0.2, 0) is 0 Å². The van der Waals surface area contributed by atoms with Crippen molar-refractivity contribution in [3.63, 3.8) is 0 Å². The molecule has 0 radical (unpaired) electrons. The first-order valence-corrected chi connectivity index (χ1v) is 5.92. The summed E-state index contributed by atoms with van der Waals surface area (Å²) < 4.78 is 5.71. The Morgan fingerprint density at radius 1 is 1.41 bits per heavy atom. The van der Waals surface area contributed by atoms with Gasteiger partial charge in [0.15, 0.2) is 0 Å². The fraction of sp³-hybridized carbons (Fsp3) is 0.583. The molecule has 0 unspecified atom stereocenters. The molecule has 2 rings (SSSR count). The summed E-state index contributed by atoms with van der Waals surface area (Å²) in [5.41, 5.74) is -0.0499. The van der Waals surface area contributed by atoms with Crippen LogP contribution in [0, 0.1) is 16.0 Å². The Kier molecular flexibility index (Phi) is 3.56. The van der Waals surface area contributed by atoms with E-state index in [2.05, 4.69) is 11.9 Å². The van der Waals surface area contributed by atoms with E-state index in [-0.39, 0.29) is 11.8 Å². The summed E-state index contributed by atoms with van der Waals surface area (Å²) in [6.07, 6.45) is 7.07. The van der Waals surface area contributed by atoms with Gasteiger partial charge in [0.2, 0.25) is 5.75 Å². The highest BCUT2D eigenvalue weighted by molar-refractivity contribution is 5.43. The smallest absolute Gasteiger partial charge is 0.329 e. The summed E-state index contributed by atoms with van der Waals surface area (Å²) in [7, 11) is 0. The van der Waals surface area contributed by atoms with Crippen molar-refractivity contribution in [2.75, 3.05) is 0 Å². The average molecular weight is 236 g/mol. The molecule has 0 aromatic carbocycles. The molecule has 0 saturated heterocycles. The Labute approximate surface area is 100.0 Å². The van der Waals surface area contributed by atoms with Gasteiger partial charge in [-0.2, -0.15) is 0 Å². The van der Waals surface area contributed by atoms with Crippen LogP contribution in [0.15, 0.2) is 18.5 Å². The number of nitro groups is 1. The van der Waals surface area contributed by atoms with Crippen molar-refractivity contribution in [1.29, 1.82) is 0 Å². The van der Waals surface area contributed by atoms with Crippen LogP contribution in [0.5, 0.6) is 5.75 Å². The minimum absolute atomic E-state index is 0.0499. The Bertz CT molecular complexity index is 400. The highest BCUT2D eigenvalue weighted by Crippen LogP contribution is 2.31. The molecule has 92 valence electrons. The van der Waals surface area contributed by atoms with Gasteiger partial charge in [-0.15, -0.1) is 0 Å². The summed E-state index contributed by atoms with van der Waals surface area (Å²) in [6, 6.07) is 1.57. The second kappa shape index (κ2) is 5.12. The minimum Gasteiger partial charge on any atom is -0.483 e. The van der Waals surface area contributed by atoms with E-state index in [0.29, 0.717) is 5.75 Å². The predicted octanol–water partition coefficient (Wildman–Crippen LogP) is 2.95. The molecule has 0 N–H and O–H groups in total. The van der Waals surface area contributed by atoms with Crippen LogP contribution in [0.3, 0.4) is 0 Å². The zero-order chi connectivity index (χ0) is 12.3. The number of rotatable bonds is 3. The number of aromatic nitrogens is 1. The van der Waals surface area contributed by atoms with Gasteiger partial charge in [0.05, 0.1) is 11.0 Å².